The van der Waals surface area contributed by atoms with Crippen LogP contribution in [0.15, 0.2) is 34.9 Å². The third-order valence-electron chi connectivity index (χ3n) is 2.25. The maximum absolute atomic E-state index is 12.0. The van der Waals surface area contributed by atoms with E-state index in [2.05, 4.69) is 26.2 Å². The molecule has 0 unspecified atom stereocenters. The molecule has 2 rings (SSSR count). The van der Waals surface area contributed by atoms with Gasteiger partial charge in [-0.2, -0.15) is 13.2 Å². The summed E-state index contributed by atoms with van der Waals surface area (Å²) in [6.07, 6.45) is -3.20. The standard InChI is InChI=1S/C11H8BrF3N4O/c12-7-2-1-3-8(4-7)19-5-9(17-18-19)10(20)16-6-11(13,14)15/h1-5H,6H2,(H,16,20). The monoisotopic (exact) mass is 348 g/mol. The van der Waals surface area contributed by atoms with Gasteiger partial charge in [0, 0.05) is 4.47 Å². The predicted octanol–water partition coefficient (Wildman–Crippen LogP) is 2.32. The number of hydrogen-bond donors (Lipinski definition) is 1. The molecule has 0 saturated carbocycles. The molecule has 0 bridgehead atoms. The number of benzene rings is 1. The zero-order valence-electron chi connectivity index (χ0n) is 9.86. The molecule has 0 atom stereocenters. The summed E-state index contributed by atoms with van der Waals surface area (Å²) < 4.78 is 38.1. The Morgan fingerprint density at radius 1 is 1.40 bits per heavy atom. The molecule has 2 aromatic rings. The molecule has 0 saturated heterocycles. The molecule has 1 amide bonds. The minimum atomic E-state index is -4.46. The largest absolute Gasteiger partial charge is 0.405 e. The molecule has 1 aromatic carbocycles. The summed E-state index contributed by atoms with van der Waals surface area (Å²) in [4.78, 5) is 11.5. The van der Waals surface area contributed by atoms with E-state index >= 15 is 0 Å². The van der Waals surface area contributed by atoms with E-state index in [-0.39, 0.29) is 5.69 Å². The molecular formula is C11H8BrF3N4O. The van der Waals surface area contributed by atoms with E-state index in [0.29, 0.717) is 5.69 Å². The van der Waals surface area contributed by atoms with Crippen LogP contribution in [-0.2, 0) is 0 Å². The summed E-state index contributed by atoms with van der Waals surface area (Å²) in [6, 6.07) is 7.00. The molecule has 9 heteroatoms. The summed E-state index contributed by atoms with van der Waals surface area (Å²) >= 11 is 3.28. The van der Waals surface area contributed by atoms with Gasteiger partial charge in [-0.1, -0.05) is 27.2 Å². The van der Waals surface area contributed by atoms with E-state index in [1.165, 1.54) is 10.9 Å². The summed E-state index contributed by atoms with van der Waals surface area (Å²) in [5, 5.41) is 8.96. The van der Waals surface area contributed by atoms with Crippen molar-refractivity contribution in [3.63, 3.8) is 0 Å². The maximum atomic E-state index is 12.0. The number of aromatic nitrogens is 3. The predicted molar refractivity (Wildman–Crippen MR) is 67.4 cm³/mol. The fourth-order valence-corrected chi connectivity index (χ4v) is 1.77. The fraction of sp³-hybridized carbons (Fsp3) is 0.182. The van der Waals surface area contributed by atoms with Gasteiger partial charge in [0.2, 0.25) is 0 Å². The zero-order valence-corrected chi connectivity index (χ0v) is 11.4. The van der Waals surface area contributed by atoms with Crippen molar-refractivity contribution in [2.45, 2.75) is 6.18 Å². The first-order chi connectivity index (χ1) is 9.35. The third kappa shape index (κ3) is 3.80. The van der Waals surface area contributed by atoms with E-state index in [9.17, 15) is 18.0 Å². The van der Waals surface area contributed by atoms with Gasteiger partial charge in [-0.15, -0.1) is 5.10 Å². The average molecular weight is 349 g/mol. The lowest BCUT2D eigenvalue weighted by atomic mass is 10.3. The lowest BCUT2D eigenvalue weighted by molar-refractivity contribution is -0.123. The van der Waals surface area contributed by atoms with Crippen LogP contribution in [0.3, 0.4) is 0 Å². The highest BCUT2D eigenvalue weighted by Crippen LogP contribution is 2.15. The highest BCUT2D eigenvalue weighted by atomic mass is 79.9. The Hall–Kier alpha value is -1.90. The van der Waals surface area contributed by atoms with Crippen molar-refractivity contribution in [3.05, 3.63) is 40.6 Å². The van der Waals surface area contributed by atoms with Crippen molar-refractivity contribution in [2.75, 3.05) is 6.54 Å². The van der Waals surface area contributed by atoms with Gasteiger partial charge in [0.25, 0.3) is 5.91 Å². The van der Waals surface area contributed by atoms with Crippen LogP contribution in [0, 0.1) is 0 Å². The van der Waals surface area contributed by atoms with Crippen molar-refractivity contribution in [1.82, 2.24) is 20.3 Å². The first kappa shape index (κ1) is 14.5. The third-order valence-corrected chi connectivity index (χ3v) is 2.74. The fourth-order valence-electron chi connectivity index (χ4n) is 1.38. The van der Waals surface area contributed by atoms with E-state index in [1.54, 1.807) is 29.6 Å². The van der Waals surface area contributed by atoms with Gasteiger partial charge < -0.3 is 5.32 Å². The van der Waals surface area contributed by atoms with Crippen LogP contribution >= 0.6 is 15.9 Å². The van der Waals surface area contributed by atoms with Gasteiger partial charge in [0.1, 0.15) is 6.54 Å². The lowest BCUT2D eigenvalue weighted by Gasteiger charge is -2.06. The summed E-state index contributed by atoms with van der Waals surface area (Å²) in [7, 11) is 0. The number of alkyl halides is 3. The van der Waals surface area contributed by atoms with Crippen LogP contribution < -0.4 is 5.32 Å². The van der Waals surface area contributed by atoms with Crippen LogP contribution in [0.4, 0.5) is 13.2 Å². The molecule has 1 heterocycles. The number of nitrogens with zero attached hydrogens (tertiary/aromatic N) is 3. The van der Waals surface area contributed by atoms with Gasteiger partial charge >= 0.3 is 6.18 Å². The summed E-state index contributed by atoms with van der Waals surface area (Å²) in [6.45, 7) is -1.41. The van der Waals surface area contributed by atoms with Gasteiger partial charge in [-0.25, -0.2) is 4.68 Å². The first-order valence-corrected chi connectivity index (χ1v) is 6.18. The van der Waals surface area contributed by atoms with Gasteiger partial charge in [0.05, 0.1) is 11.9 Å². The molecule has 0 aliphatic carbocycles. The number of carbonyl (C=O) groups excluding carboxylic acids is 1. The van der Waals surface area contributed by atoms with Crippen molar-refractivity contribution in [2.24, 2.45) is 0 Å². The molecule has 0 aliphatic rings. The van der Waals surface area contributed by atoms with Crippen molar-refractivity contribution in [1.29, 1.82) is 0 Å². The second-order valence-electron chi connectivity index (χ2n) is 3.83. The Bertz CT molecular complexity index is 626. The number of amides is 1. The van der Waals surface area contributed by atoms with Crippen LogP contribution in [0.25, 0.3) is 5.69 Å². The van der Waals surface area contributed by atoms with Crippen LogP contribution in [0.1, 0.15) is 10.5 Å². The quantitative estimate of drug-likeness (QED) is 0.925. The van der Waals surface area contributed by atoms with E-state index in [0.717, 1.165) is 4.47 Å². The Labute approximate surface area is 119 Å². The molecule has 1 N–H and O–H groups in total. The number of carbonyl (C=O) groups is 1. The van der Waals surface area contributed by atoms with E-state index in [4.69, 9.17) is 0 Å². The second-order valence-corrected chi connectivity index (χ2v) is 4.74. The van der Waals surface area contributed by atoms with Gasteiger partial charge in [-0.3, -0.25) is 4.79 Å². The van der Waals surface area contributed by atoms with Crippen molar-refractivity contribution >= 4 is 21.8 Å². The van der Waals surface area contributed by atoms with E-state index in [1.807, 2.05) is 0 Å². The molecule has 0 spiro atoms. The van der Waals surface area contributed by atoms with Crippen LogP contribution in [0.2, 0.25) is 0 Å². The number of rotatable bonds is 3. The normalized spacial score (nSPS) is 11.4. The summed E-state index contributed by atoms with van der Waals surface area (Å²) in [5.41, 5.74) is 0.441. The van der Waals surface area contributed by atoms with Crippen LogP contribution in [0.5, 0.6) is 0 Å². The molecule has 5 nitrogen and oxygen atoms in total. The topological polar surface area (TPSA) is 59.8 Å². The molecule has 0 radical (unpaired) electrons. The molecule has 106 valence electrons. The minimum Gasteiger partial charge on any atom is -0.341 e. The smallest absolute Gasteiger partial charge is 0.341 e. The van der Waals surface area contributed by atoms with Crippen LogP contribution in [-0.4, -0.2) is 33.6 Å². The SMILES string of the molecule is O=C(NCC(F)(F)F)c1cn(-c2cccc(Br)c2)nn1. The highest BCUT2D eigenvalue weighted by molar-refractivity contribution is 9.10. The summed E-state index contributed by atoms with van der Waals surface area (Å²) in [5.74, 6) is -0.927. The first-order valence-electron chi connectivity index (χ1n) is 5.38. The Morgan fingerprint density at radius 3 is 2.80 bits per heavy atom. The molecule has 0 aliphatic heterocycles. The number of hydrogen-bond acceptors (Lipinski definition) is 3. The number of nitrogens with one attached hydrogen (secondary N) is 1. The molecular weight excluding hydrogens is 341 g/mol. The van der Waals surface area contributed by atoms with Gasteiger partial charge in [0.15, 0.2) is 5.69 Å². The Morgan fingerprint density at radius 2 is 2.15 bits per heavy atom. The van der Waals surface area contributed by atoms with Crippen molar-refractivity contribution in [3.8, 4) is 5.69 Å². The molecule has 0 fully saturated rings. The lowest BCUT2D eigenvalue weighted by Crippen LogP contribution is -2.33. The Balaban J connectivity index is 2.11. The number of halogens is 4. The molecule has 20 heavy (non-hydrogen) atoms. The highest BCUT2D eigenvalue weighted by Gasteiger charge is 2.28. The maximum Gasteiger partial charge on any atom is 0.405 e. The minimum absolute atomic E-state index is 0.186. The van der Waals surface area contributed by atoms with Crippen molar-refractivity contribution < 1.29 is 18.0 Å². The van der Waals surface area contributed by atoms with E-state index < -0.39 is 18.6 Å². The molecule has 1 aromatic heterocycles. The van der Waals surface area contributed by atoms with Gasteiger partial charge in [-0.05, 0) is 18.2 Å². The Kier molecular flexibility index (Phi) is 4.07. The second kappa shape index (κ2) is 5.61. The average Bonchev–Trinajstić information content (AvgIpc) is 2.84. The zero-order chi connectivity index (χ0) is 14.8.